The predicted molar refractivity (Wildman–Crippen MR) is 100 cm³/mol. The van der Waals surface area contributed by atoms with E-state index in [1.165, 1.54) is 11.0 Å². The summed E-state index contributed by atoms with van der Waals surface area (Å²) in [5.41, 5.74) is 0.224. The summed E-state index contributed by atoms with van der Waals surface area (Å²) >= 11 is 0. The number of rotatable bonds is 5. The van der Waals surface area contributed by atoms with Crippen molar-refractivity contribution in [2.45, 2.75) is 32.9 Å². The van der Waals surface area contributed by atoms with E-state index in [9.17, 15) is 19.8 Å². The van der Waals surface area contributed by atoms with E-state index in [1.54, 1.807) is 40.0 Å². The second kappa shape index (κ2) is 7.83. The van der Waals surface area contributed by atoms with Crippen molar-refractivity contribution in [2.24, 2.45) is 0 Å². The van der Waals surface area contributed by atoms with E-state index in [2.05, 4.69) is 5.10 Å². The highest BCUT2D eigenvalue weighted by molar-refractivity contribution is 5.93. The molecule has 2 rings (SSSR count). The van der Waals surface area contributed by atoms with Crippen LogP contribution in [0.3, 0.4) is 0 Å². The third kappa shape index (κ3) is 5.10. The predicted octanol–water partition coefficient (Wildman–Crippen LogP) is 2.57. The van der Waals surface area contributed by atoms with Gasteiger partial charge in [0.15, 0.2) is 0 Å². The first-order valence-electron chi connectivity index (χ1n) is 8.55. The lowest BCUT2D eigenvalue weighted by atomic mass is 10.2. The molecule has 148 valence electrons. The summed E-state index contributed by atoms with van der Waals surface area (Å²) in [4.78, 5) is 26.7. The lowest BCUT2D eigenvalue weighted by molar-refractivity contribution is 0.0286. The molecule has 0 fully saturated rings. The fourth-order valence-electron chi connectivity index (χ4n) is 2.57. The molecule has 9 nitrogen and oxygen atoms in total. The van der Waals surface area contributed by atoms with E-state index in [4.69, 9.17) is 4.74 Å². The van der Waals surface area contributed by atoms with Crippen LogP contribution in [0.2, 0.25) is 0 Å². The highest BCUT2D eigenvalue weighted by Crippen LogP contribution is 2.28. The first-order valence-corrected chi connectivity index (χ1v) is 8.55. The van der Waals surface area contributed by atoms with E-state index in [1.807, 2.05) is 11.9 Å². The maximum Gasteiger partial charge on any atom is 0.432 e. The van der Waals surface area contributed by atoms with Crippen molar-refractivity contribution in [3.05, 3.63) is 23.9 Å². The Hall–Kier alpha value is -2.81. The Morgan fingerprint density at radius 1 is 1.22 bits per heavy atom. The van der Waals surface area contributed by atoms with Gasteiger partial charge in [0.2, 0.25) is 0 Å². The monoisotopic (exact) mass is 378 g/mol. The van der Waals surface area contributed by atoms with Gasteiger partial charge in [-0.05, 0) is 40.0 Å². The van der Waals surface area contributed by atoms with Crippen LogP contribution >= 0.6 is 0 Å². The fourth-order valence-corrected chi connectivity index (χ4v) is 2.57. The van der Waals surface area contributed by atoms with Crippen molar-refractivity contribution in [1.29, 1.82) is 0 Å². The van der Waals surface area contributed by atoms with Gasteiger partial charge in [0.25, 0.3) is 0 Å². The molecular formula is C18H26N4O5. The van der Waals surface area contributed by atoms with Gasteiger partial charge in [-0.2, -0.15) is 9.78 Å². The number of aromatic nitrogens is 2. The Balaban J connectivity index is 2.07. The molecule has 27 heavy (non-hydrogen) atoms. The minimum atomic E-state index is -1.22. The Morgan fingerprint density at radius 2 is 1.89 bits per heavy atom. The third-order valence-corrected chi connectivity index (χ3v) is 3.88. The lowest BCUT2D eigenvalue weighted by Crippen LogP contribution is -2.38. The Kier molecular flexibility index (Phi) is 5.94. The minimum absolute atomic E-state index is 0.0192. The van der Waals surface area contributed by atoms with Crippen LogP contribution in [0.1, 0.15) is 26.5 Å². The molecule has 1 aromatic heterocycles. The quantitative estimate of drug-likeness (QED) is 0.823. The number of amides is 1. The van der Waals surface area contributed by atoms with Crippen LogP contribution in [0.15, 0.2) is 18.2 Å². The molecular weight excluding hydrogens is 352 g/mol. The standard InChI is InChI=1S/C18H26N4O5/c1-18(2,3)27-17(26)21(5)10-9-20(4)11-12-15-13(7-6-8-14(15)23)22(19-12)16(24)25/h6-8,23H,9-11H2,1-5H3,(H,24,25). The summed E-state index contributed by atoms with van der Waals surface area (Å²) in [6, 6.07) is 4.66. The van der Waals surface area contributed by atoms with Gasteiger partial charge in [-0.1, -0.05) is 6.07 Å². The van der Waals surface area contributed by atoms with Crippen LogP contribution in [0.25, 0.3) is 10.9 Å². The minimum Gasteiger partial charge on any atom is -0.507 e. The molecule has 0 aliphatic heterocycles. The van der Waals surface area contributed by atoms with Crippen molar-refractivity contribution in [2.75, 3.05) is 27.2 Å². The maximum absolute atomic E-state index is 12.0. The average molecular weight is 378 g/mol. The number of fused-ring (bicyclic) bond motifs is 1. The molecule has 0 radical (unpaired) electrons. The zero-order chi connectivity index (χ0) is 20.4. The van der Waals surface area contributed by atoms with Gasteiger partial charge in [0, 0.05) is 26.7 Å². The van der Waals surface area contributed by atoms with E-state index in [0.717, 1.165) is 4.68 Å². The van der Waals surface area contributed by atoms with Crippen LogP contribution < -0.4 is 0 Å². The molecule has 0 saturated heterocycles. The van der Waals surface area contributed by atoms with Crippen LogP contribution in [-0.2, 0) is 11.3 Å². The molecule has 2 N–H and O–H groups in total. The molecule has 0 atom stereocenters. The van der Waals surface area contributed by atoms with Crippen LogP contribution in [-0.4, -0.2) is 74.8 Å². The van der Waals surface area contributed by atoms with E-state index in [-0.39, 0.29) is 5.75 Å². The number of likely N-dealkylation sites (N-methyl/N-ethyl adjacent to an activating group) is 2. The molecule has 1 heterocycles. The number of phenols is 1. The number of ether oxygens (including phenoxy) is 1. The summed E-state index contributed by atoms with van der Waals surface area (Å²) in [5, 5.41) is 23.9. The van der Waals surface area contributed by atoms with Gasteiger partial charge < -0.3 is 19.8 Å². The molecule has 0 saturated carbocycles. The van der Waals surface area contributed by atoms with Gasteiger partial charge in [-0.15, -0.1) is 0 Å². The molecule has 9 heteroatoms. The van der Waals surface area contributed by atoms with Crippen LogP contribution in [0, 0.1) is 0 Å². The van der Waals surface area contributed by atoms with Crippen molar-refractivity contribution >= 4 is 23.1 Å². The molecule has 0 aliphatic carbocycles. The van der Waals surface area contributed by atoms with E-state index in [0.29, 0.717) is 36.2 Å². The summed E-state index contributed by atoms with van der Waals surface area (Å²) in [5.74, 6) is -0.0192. The van der Waals surface area contributed by atoms with Crippen LogP contribution in [0.5, 0.6) is 5.75 Å². The van der Waals surface area contributed by atoms with Crippen molar-refractivity contribution in [1.82, 2.24) is 19.6 Å². The molecule has 2 aromatic rings. The van der Waals surface area contributed by atoms with E-state index < -0.39 is 17.8 Å². The normalized spacial score (nSPS) is 11.8. The fraction of sp³-hybridized carbons (Fsp3) is 0.500. The van der Waals surface area contributed by atoms with Gasteiger partial charge in [-0.3, -0.25) is 4.90 Å². The molecule has 0 spiro atoms. The van der Waals surface area contributed by atoms with Crippen molar-refractivity contribution in [3.8, 4) is 5.75 Å². The Bertz CT molecular complexity index is 840. The smallest absolute Gasteiger partial charge is 0.432 e. The number of carbonyl (C=O) groups is 2. The summed E-state index contributed by atoms with van der Waals surface area (Å²) in [6.45, 7) is 6.68. The summed E-state index contributed by atoms with van der Waals surface area (Å²) < 4.78 is 6.16. The summed E-state index contributed by atoms with van der Waals surface area (Å²) in [6.07, 6.45) is -1.63. The molecule has 1 aromatic carbocycles. The zero-order valence-corrected chi connectivity index (χ0v) is 16.3. The Labute approximate surface area is 157 Å². The second-order valence-electron chi connectivity index (χ2n) is 7.45. The number of carboxylic acid groups (broad SMARTS) is 1. The number of hydrogen-bond acceptors (Lipinski definition) is 6. The molecule has 1 amide bonds. The number of aromatic hydroxyl groups is 1. The summed E-state index contributed by atoms with van der Waals surface area (Å²) in [7, 11) is 3.48. The highest BCUT2D eigenvalue weighted by Gasteiger charge is 2.21. The second-order valence-corrected chi connectivity index (χ2v) is 7.45. The number of nitrogens with zero attached hydrogens (tertiary/aromatic N) is 4. The molecule has 0 bridgehead atoms. The third-order valence-electron chi connectivity index (χ3n) is 3.88. The number of carbonyl (C=O) groups excluding carboxylic acids is 1. The Morgan fingerprint density at radius 3 is 2.48 bits per heavy atom. The first-order chi connectivity index (χ1) is 12.5. The number of hydrogen-bond donors (Lipinski definition) is 2. The van der Waals surface area contributed by atoms with Gasteiger partial charge in [0.05, 0.1) is 16.6 Å². The van der Waals surface area contributed by atoms with Crippen molar-refractivity contribution < 1.29 is 24.5 Å². The average Bonchev–Trinajstić information content (AvgIpc) is 2.91. The van der Waals surface area contributed by atoms with Gasteiger partial charge >= 0.3 is 12.2 Å². The first kappa shape index (κ1) is 20.5. The maximum atomic E-state index is 12.0. The van der Waals surface area contributed by atoms with E-state index >= 15 is 0 Å². The van der Waals surface area contributed by atoms with Gasteiger partial charge in [0.1, 0.15) is 11.4 Å². The SMILES string of the molecule is CN(CCN(C)C(=O)OC(C)(C)C)Cc1nn(C(=O)O)c2cccc(O)c12. The zero-order valence-electron chi connectivity index (χ0n) is 16.3. The lowest BCUT2D eigenvalue weighted by Gasteiger charge is -2.26. The molecule has 0 unspecified atom stereocenters. The van der Waals surface area contributed by atoms with Crippen molar-refractivity contribution in [3.63, 3.8) is 0 Å². The van der Waals surface area contributed by atoms with Gasteiger partial charge in [-0.25, -0.2) is 9.59 Å². The van der Waals surface area contributed by atoms with Crippen LogP contribution in [0.4, 0.5) is 9.59 Å². The largest absolute Gasteiger partial charge is 0.507 e. The molecule has 0 aliphatic rings. The number of benzene rings is 1. The topological polar surface area (TPSA) is 108 Å². The number of phenolic OH excluding ortho intramolecular Hbond substituents is 1. The highest BCUT2D eigenvalue weighted by atomic mass is 16.6.